The van der Waals surface area contributed by atoms with E-state index in [0.29, 0.717) is 11.5 Å². The quantitative estimate of drug-likeness (QED) is 0.793. The minimum absolute atomic E-state index is 0.223. The van der Waals surface area contributed by atoms with Crippen LogP contribution < -0.4 is 5.32 Å². The lowest BCUT2D eigenvalue weighted by Crippen LogP contribution is -2.48. The van der Waals surface area contributed by atoms with Gasteiger partial charge in [0.25, 0.3) is 0 Å². The number of aryl methyl sites for hydroxylation is 1. The van der Waals surface area contributed by atoms with Crippen LogP contribution in [0.15, 0.2) is 30.3 Å². The van der Waals surface area contributed by atoms with Gasteiger partial charge in [0.05, 0.1) is 0 Å². The lowest BCUT2D eigenvalue weighted by molar-refractivity contribution is 0.265. The van der Waals surface area contributed by atoms with Crippen LogP contribution in [0.4, 0.5) is 0 Å². The van der Waals surface area contributed by atoms with Crippen molar-refractivity contribution in [3.63, 3.8) is 0 Å². The van der Waals surface area contributed by atoms with Gasteiger partial charge in [-0.05, 0) is 57.4 Å². The Morgan fingerprint density at radius 2 is 1.83 bits per heavy atom. The fourth-order valence-corrected chi connectivity index (χ4v) is 2.56. The third-order valence-corrected chi connectivity index (χ3v) is 4.57. The molecule has 1 unspecified atom stereocenters. The van der Waals surface area contributed by atoms with Gasteiger partial charge >= 0.3 is 0 Å². The number of hydrogen-bond acceptors (Lipinski definition) is 1. The van der Waals surface area contributed by atoms with E-state index in [1.165, 1.54) is 24.8 Å². The summed E-state index contributed by atoms with van der Waals surface area (Å²) in [6, 6.07) is 11.4. The smallest absolute Gasteiger partial charge is 0.0131 e. The molecule has 1 aromatic rings. The molecule has 2 rings (SSSR count). The molecule has 1 fully saturated rings. The monoisotopic (exact) mass is 245 g/mol. The Morgan fingerprint density at radius 1 is 1.22 bits per heavy atom. The highest BCUT2D eigenvalue weighted by Crippen LogP contribution is 2.48. The second-order valence-corrected chi connectivity index (χ2v) is 6.89. The fourth-order valence-electron chi connectivity index (χ4n) is 2.56. The highest BCUT2D eigenvalue weighted by molar-refractivity contribution is 5.15. The van der Waals surface area contributed by atoms with E-state index >= 15 is 0 Å². The van der Waals surface area contributed by atoms with Crippen LogP contribution in [0.5, 0.6) is 0 Å². The van der Waals surface area contributed by atoms with Crippen molar-refractivity contribution in [3.05, 3.63) is 35.9 Å². The molecule has 0 aliphatic heterocycles. The van der Waals surface area contributed by atoms with Crippen LogP contribution in [-0.4, -0.2) is 11.6 Å². The Bertz CT molecular complexity index is 376. The van der Waals surface area contributed by atoms with Gasteiger partial charge in [0.2, 0.25) is 0 Å². The number of rotatable bonds is 6. The first kappa shape index (κ1) is 13.6. The van der Waals surface area contributed by atoms with E-state index < -0.39 is 0 Å². The van der Waals surface area contributed by atoms with Crippen LogP contribution in [0.3, 0.4) is 0 Å². The van der Waals surface area contributed by atoms with Crippen molar-refractivity contribution < 1.29 is 0 Å². The van der Waals surface area contributed by atoms with Crippen molar-refractivity contribution in [3.8, 4) is 0 Å². The van der Waals surface area contributed by atoms with Crippen LogP contribution in [0.2, 0.25) is 0 Å². The summed E-state index contributed by atoms with van der Waals surface area (Å²) < 4.78 is 0. The lowest BCUT2D eigenvalue weighted by atomic mass is 9.91. The van der Waals surface area contributed by atoms with Gasteiger partial charge in [-0.15, -0.1) is 0 Å². The van der Waals surface area contributed by atoms with E-state index in [0.717, 1.165) is 6.42 Å². The summed E-state index contributed by atoms with van der Waals surface area (Å²) in [4.78, 5) is 0. The minimum atomic E-state index is 0.223. The van der Waals surface area contributed by atoms with Crippen molar-refractivity contribution in [1.29, 1.82) is 0 Å². The van der Waals surface area contributed by atoms with Crippen molar-refractivity contribution in [2.75, 3.05) is 0 Å². The maximum absolute atomic E-state index is 3.83. The van der Waals surface area contributed by atoms with Crippen LogP contribution in [-0.2, 0) is 6.42 Å². The standard InChI is InChI=1S/C17H27N/c1-14(17(4)12-13-17)18-16(2,3)11-10-15-8-6-5-7-9-15/h5-9,14,18H,10-13H2,1-4H3. The first-order valence-corrected chi connectivity index (χ1v) is 7.23. The average molecular weight is 245 g/mol. The average Bonchev–Trinajstić information content (AvgIpc) is 3.07. The summed E-state index contributed by atoms with van der Waals surface area (Å²) in [5, 5.41) is 3.83. The summed E-state index contributed by atoms with van der Waals surface area (Å²) in [6.45, 7) is 9.41. The van der Waals surface area contributed by atoms with Gasteiger partial charge < -0.3 is 5.32 Å². The van der Waals surface area contributed by atoms with E-state index in [-0.39, 0.29) is 5.54 Å². The molecule has 0 amide bonds. The maximum Gasteiger partial charge on any atom is 0.0131 e. The second-order valence-electron chi connectivity index (χ2n) is 6.89. The third kappa shape index (κ3) is 3.58. The molecule has 1 aromatic carbocycles. The summed E-state index contributed by atoms with van der Waals surface area (Å²) in [5.74, 6) is 0. The van der Waals surface area contributed by atoms with E-state index in [1.54, 1.807) is 0 Å². The predicted octanol–water partition coefficient (Wildman–Crippen LogP) is 4.18. The predicted molar refractivity (Wildman–Crippen MR) is 78.8 cm³/mol. The molecular weight excluding hydrogens is 218 g/mol. The topological polar surface area (TPSA) is 12.0 Å². The normalized spacial score (nSPS) is 19.6. The number of benzene rings is 1. The molecule has 0 aromatic heterocycles. The first-order valence-electron chi connectivity index (χ1n) is 7.23. The summed E-state index contributed by atoms with van der Waals surface area (Å²) >= 11 is 0. The molecule has 0 bridgehead atoms. The molecule has 1 heteroatoms. The highest BCUT2D eigenvalue weighted by Gasteiger charge is 2.43. The first-order chi connectivity index (χ1) is 8.41. The lowest BCUT2D eigenvalue weighted by Gasteiger charge is -2.33. The van der Waals surface area contributed by atoms with Crippen molar-refractivity contribution >= 4 is 0 Å². The zero-order valence-electron chi connectivity index (χ0n) is 12.3. The molecule has 18 heavy (non-hydrogen) atoms. The van der Waals surface area contributed by atoms with E-state index in [4.69, 9.17) is 0 Å². The zero-order chi connectivity index (χ0) is 13.2. The largest absolute Gasteiger partial charge is 0.309 e. The summed E-state index contributed by atoms with van der Waals surface area (Å²) in [6.07, 6.45) is 5.12. The Morgan fingerprint density at radius 3 is 2.39 bits per heavy atom. The van der Waals surface area contributed by atoms with E-state index in [2.05, 4.69) is 63.3 Å². The third-order valence-electron chi connectivity index (χ3n) is 4.57. The number of nitrogens with one attached hydrogen (secondary N) is 1. The molecule has 1 aliphatic carbocycles. The SMILES string of the molecule is CC(NC(C)(C)CCc1ccccc1)C1(C)CC1. The number of hydrogen-bond donors (Lipinski definition) is 1. The Labute approximate surface area is 112 Å². The Hall–Kier alpha value is -0.820. The Balaban J connectivity index is 1.83. The fraction of sp³-hybridized carbons (Fsp3) is 0.647. The molecule has 1 nitrogen and oxygen atoms in total. The van der Waals surface area contributed by atoms with Gasteiger partial charge in [0.1, 0.15) is 0 Å². The summed E-state index contributed by atoms with van der Waals surface area (Å²) in [7, 11) is 0. The molecule has 1 aliphatic rings. The van der Waals surface area contributed by atoms with Gasteiger partial charge in [-0.2, -0.15) is 0 Å². The molecule has 0 spiro atoms. The highest BCUT2D eigenvalue weighted by atomic mass is 15.0. The molecule has 100 valence electrons. The zero-order valence-corrected chi connectivity index (χ0v) is 12.3. The minimum Gasteiger partial charge on any atom is -0.309 e. The van der Waals surface area contributed by atoms with Gasteiger partial charge in [0.15, 0.2) is 0 Å². The van der Waals surface area contributed by atoms with Gasteiger partial charge in [-0.3, -0.25) is 0 Å². The molecule has 0 radical (unpaired) electrons. The molecule has 1 atom stereocenters. The second kappa shape index (κ2) is 5.05. The maximum atomic E-state index is 3.83. The Kier molecular flexibility index (Phi) is 3.82. The molecule has 0 heterocycles. The van der Waals surface area contributed by atoms with Gasteiger partial charge in [-0.1, -0.05) is 37.3 Å². The summed E-state index contributed by atoms with van der Waals surface area (Å²) in [5.41, 5.74) is 2.22. The van der Waals surface area contributed by atoms with Crippen LogP contribution in [0.25, 0.3) is 0 Å². The van der Waals surface area contributed by atoms with Crippen LogP contribution in [0.1, 0.15) is 52.5 Å². The molecule has 1 N–H and O–H groups in total. The van der Waals surface area contributed by atoms with E-state index in [9.17, 15) is 0 Å². The molecular formula is C17H27N. The van der Waals surface area contributed by atoms with Crippen molar-refractivity contribution in [2.45, 2.75) is 65.0 Å². The molecule has 0 saturated heterocycles. The van der Waals surface area contributed by atoms with Crippen LogP contribution in [0, 0.1) is 5.41 Å². The van der Waals surface area contributed by atoms with E-state index in [1.807, 2.05) is 0 Å². The van der Waals surface area contributed by atoms with Crippen molar-refractivity contribution in [2.24, 2.45) is 5.41 Å². The van der Waals surface area contributed by atoms with Gasteiger partial charge in [-0.25, -0.2) is 0 Å². The van der Waals surface area contributed by atoms with Crippen molar-refractivity contribution in [1.82, 2.24) is 5.32 Å². The van der Waals surface area contributed by atoms with Crippen LogP contribution >= 0.6 is 0 Å². The molecule has 1 saturated carbocycles. The van der Waals surface area contributed by atoms with Gasteiger partial charge in [0, 0.05) is 11.6 Å².